The molecule has 1 amide bonds. The van der Waals surface area contributed by atoms with Crippen molar-refractivity contribution in [3.05, 3.63) is 23.9 Å². The zero-order valence-corrected chi connectivity index (χ0v) is 9.25. The molecule has 0 aliphatic carbocycles. The van der Waals surface area contributed by atoms with E-state index in [1.54, 1.807) is 25.1 Å². The lowest BCUT2D eigenvalue weighted by Gasteiger charge is -2.21. The topological polar surface area (TPSA) is 82.9 Å². The zero-order chi connectivity index (χ0) is 12.4. The number of hydrogen-bond donors (Lipinski definition) is 1. The summed E-state index contributed by atoms with van der Waals surface area (Å²) in [5, 5.41) is 13.7. The van der Waals surface area contributed by atoms with Gasteiger partial charge in [0.05, 0.1) is 0 Å². The molecule has 2 rings (SSSR count). The van der Waals surface area contributed by atoms with Gasteiger partial charge in [-0.25, -0.2) is 9.78 Å². The van der Waals surface area contributed by atoms with Gasteiger partial charge in [0.15, 0.2) is 5.82 Å². The Hall–Kier alpha value is -2.24. The Bertz CT molecular complexity index is 510. The number of nitrogens with zero attached hydrogens (tertiary/aromatic N) is 3. The van der Waals surface area contributed by atoms with Crippen LogP contribution in [0, 0.1) is 6.92 Å². The average molecular weight is 233 g/mol. The van der Waals surface area contributed by atoms with Gasteiger partial charge in [-0.05, 0) is 19.1 Å². The molecule has 17 heavy (non-hydrogen) atoms. The van der Waals surface area contributed by atoms with Crippen LogP contribution < -0.4 is 5.01 Å². The first-order valence-electron chi connectivity index (χ1n) is 5.15. The number of aromatic nitrogens is 1. The predicted molar refractivity (Wildman–Crippen MR) is 60.8 cm³/mol. The van der Waals surface area contributed by atoms with E-state index in [1.165, 1.54) is 0 Å². The maximum Gasteiger partial charge on any atom is 0.352 e. The van der Waals surface area contributed by atoms with Crippen molar-refractivity contribution in [2.45, 2.75) is 19.8 Å². The van der Waals surface area contributed by atoms with Gasteiger partial charge in [-0.3, -0.25) is 4.79 Å². The van der Waals surface area contributed by atoms with Crippen molar-refractivity contribution in [3.63, 3.8) is 0 Å². The molecule has 0 atom stereocenters. The Morgan fingerprint density at radius 2 is 2.18 bits per heavy atom. The summed E-state index contributed by atoms with van der Waals surface area (Å²) >= 11 is 0. The fourth-order valence-corrected chi connectivity index (χ4v) is 1.53. The maximum absolute atomic E-state index is 11.7. The van der Waals surface area contributed by atoms with E-state index in [2.05, 4.69) is 10.1 Å². The molecule has 0 aromatic carbocycles. The monoisotopic (exact) mass is 233 g/mol. The minimum absolute atomic E-state index is 0.0205. The van der Waals surface area contributed by atoms with Gasteiger partial charge in [0.2, 0.25) is 5.91 Å². The summed E-state index contributed by atoms with van der Waals surface area (Å²) in [5.41, 5.74) is 0.723. The lowest BCUT2D eigenvalue weighted by atomic mass is 10.1. The lowest BCUT2D eigenvalue weighted by Crippen LogP contribution is -2.34. The molecule has 0 saturated carbocycles. The number of carboxylic acid groups (broad SMARTS) is 1. The van der Waals surface area contributed by atoms with Crippen LogP contribution in [-0.2, 0) is 9.59 Å². The third-order valence-corrected chi connectivity index (χ3v) is 2.37. The van der Waals surface area contributed by atoms with Gasteiger partial charge in [-0.1, -0.05) is 6.07 Å². The van der Waals surface area contributed by atoms with Gasteiger partial charge in [-0.15, -0.1) is 0 Å². The molecule has 0 bridgehead atoms. The number of hydrazone groups is 1. The first kappa shape index (κ1) is 11.3. The number of carbonyl (C=O) groups is 2. The SMILES string of the molecule is Cc1cccc(N2N=C(C(=O)O)CCC2=O)n1. The Morgan fingerprint density at radius 1 is 1.41 bits per heavy atom. The van der Waals surface area contributed by atoms with Crippen LogP contribution in [0.3, 0.4) is 0 Å². The molecule has 6 nitrogen and oxygen atoms in total. The van der Waals surface area contributed by atoms with Crippen LogP contribution in [0.15, 0.2) is 23.3 Å². The van der Waals surface area contributed by atoms with Crippen LogP contribution in [0.4, 0.5) is 5.82 Å². The van der Waals surface area contributed by atoms with Crippen LogP contribution in [0.2, 0.25) is 0 Å². The molecular weight excluding hydrogens is 222 g/mol. The van der Waals surface area contributed by atoms with Gasteiger partial charge in [0.25, 0.3) is 0 Å². The van der Waals surface area contributed by atoms with Crippen molar-refractivity contribution in [1.29, 1.82) is 0 Å². The number of amides is 1. The predicted octanol–water partition coefficient (Wildman–Crippen LogP) is 0.957. The average Bonchev–Trinajstić information content (AvgIpc) is 2.29. The highest BCUT2D eigenvalue weighted by Gasteiger charge is 2.25. The molecule has 1 aromatic rings. The number of pyridine rings is 1. The van der Waals surface area contributed by atoms with Gasteiger partial charge in [-0.2, -0.15) is 10.1 Å². The van der Waals surface area contributed by atoms with E-state index in [-0.39, 0.29) is 24.5 Å². The maximum atomic E-state index is 11.7. The molecule has 2 heterocycles. The number of aryl methyl sites for hydroxylation is 1. The Morgan fingerprint density at radius 3 is 2.82 bits per heavy atom. The largest absolute Gasteiger partial charge is 0.477 e. The molecule has 0 spiro atoms. The molecule has 0 saturated heterocycles. The minimum Gasteiger partial charge on any atom is -0.477 e. The summed E-state index contributed by atoms with van der Waals surface area (Å²) in [7, 11) is 0. The number of hydrogen-bond acceptors (Lipinski definition) is 4. The summed E-state index contributed by atoms with van der Waals surface area (Å²) in [5.74, 6) is -0.989. The van der Waals surface area contributed by atoms with E-state index in [0.717, 1.165) is 10.7 Å². The molecule has 1 aliphatic rings. The van der Waals surface area contributed by atoms with Crippen LogP contribution in [0.25, 0.3) is 0 Å². The first-order chi connectivity index (χ1) is 8.08. The molecule has 0 fully saturated rings. The van der Waals surface area contributed by atoms with Gasteiger partial charge < -0.3 is 5.11 Å². The van der Waals surface area contributed by atoms with Gasteiger partial charge >= 0.3 is 5.97 Å². The third kappa shape index (κ3) is 2.30. The van der Waals surface area contributed by atoms with Crippen LogP contribution in [0.1, 0.15) is 18.5 Å². The van der Waals surface area contributed by atoms with E-state index >= 15 is 0 Å². The first-order valence-corrected chi connectivity index (χ1v) is 5.15. The fourth-order valence-electron chi connectivity index (χ4n) is 1.53. The molecule has 0 radical (unpaired) electrons. The summed E-state index contributed by atoms with van der Waals surface area (Å²) in [4.78, 5) is 26.6. The van der Waals surface area contributed by atoms with Crippen molar-refractivity contribution in [3.8, 4) is 0 Å². The summed E-state index contributed by atoms with van der Waals surface area (Å²) in [6.45, 7) is 1.79. The second kappa shape index (κ2) is 4.32. The normalized spacial score (nSPS) is 15.7. The molecule has 1 aliphatic heterocycles. The smallest absolute Gasteiger partial charge is 0.352 e. The number of carboxylic acids is 1. The van der Waals surface area contributed by atoms with Crippen molar-refractivity contribution < 1.29 is 14.7 Å². The second-order valence-corrected chi connectivity index (χ2v) is 3.69. The molecule has 6 heteroatoms. The second-order valence-electron chi connectivity index (χ2n) is 3.69. The van der Waals surface area contributed by atoms with Crippen molar-refractivity contribution >= 4 is 23.4 Å². The molecule has 1 aromatic heterocycles. The summed E-state index contributed by atoms with van der Waals surface area (Å²) in [6, 6.07) is 5.16. The van der Waals surface area contributed by atoms with Gasteiger partial charge in [0, 0.05) is 18.5 Å². The van der Waals surface area contributed by atoms with Crippen LogP contribution in [-0.4, -0.2) is 27.7 Å². The fraction of sp³-hybridized carbons (Fsp3) is 0.273. The number of aliphatic carboxylic acids is 1. The van der Waals surface area contributed by atoms with E-state index in [9.17, 15) is 9.59 Å². The highest BCUT2D eigenvalue weighted by Crippen LogP contribution is 2.18. The van der Waals surface area contributed by atoms with E-state index in [1.807, 2.05) is 0 Å². The van der Waals surface area contributed by atoms with Crippen LogP contribution >= 0.6 is 0 Å². The van der Waals surface area contributed by atoms with E-state index in [0.29, 0.717) is 5.82 Å². The third-order valence-electron chi connectivity index (χ3n) is 2.37. The van der Waals surface area contributed by atoms with E-state index < -0.39 is 5.97 Å². The van der Waals surface area contributed by atoms with E-state index in [4.69, 9.17) is 5.11 Å². The molecular formula is C11H11N3O3. The van der Waals surface area contributed by atoms with Crippen molar-refractivity contribution in [1.82, 2.24) is 4.98 Å². The Balaban J connectivity index is 2.39. The number of anilines is 1. The highest BCUT2D eigenvalue weighted by molar-refractivity contribution is 6.37. The standard InChI is InChI=1S/C11H11N3O3/c1-7-3-2-4-9(12-7)14-10(15)6-5-8(13-14)11(16)17/h2-4H,5-6H2,1H3,(H,16,17). The number of rotatable bonds is 2. The summed E-state index contributed by atoms with van der Waals surface area (Å²) in [6.07, 6.45) is 0.303. The molecule has 0 unspecified atom stereocenters. The summed E-state index contributed by atoms with van der Waals surface area (Å²) < 4.78 is 0. The quantitative estimate of drug-likeness (QED) is 0.824. The minimum atomic E-state index is -1.10. The Kier molecular flexibility index (Phi) is 2.86. The Labute approximate surface area is 97.6 Å². The molecule has 1 N–H and O–H groups in total. The van der Waals surface area contributed by atoms with Gasteiger partial charge in [0.1, 0.15) is 5.71 Å². The zero-order valence-electron chi connectivity index (χ0n) is 9.25. The van der Waals surface area contributed by atoms with Crippen LogP contribution in [0.5, 0.6) is 0 Å². The molecule has 88 valence electrons. The van der Waals surface area contributed by atoms with Crippen molar-refractivity contribution in [2.75, 3.05) is 5.01 Å². The lowest BCUT2D eigenvalue weighted by molar-refractivity contribution is -0.129. The van der Waals surface area contributed by atoms with Crippen molar-refractivity contribution in [2.24, 2.45) is 5.10 Å². The number of carbonyl (C=O) groups excluding carboxylic acids is 1. The highest BCUT2D eigenvalue weighted by atomic mass is 16.4.